The van der Waals surface area contributed by atoms with Crippen LogP contribution in [-0.2, 0) is 13.5 Å². The zero-order chi connectivity index (χ0) is 17.3. The lowest BCUT2D eigenvalue weighted by atomic mass is 10.1. The van der Waals surface area contributed by atoms with Crippen LogP contribution in [0, 0.1) is 6.92 Å². The van der Waals surface area contributed by atoms with Gasteiger partial charge in [0.15, 0.2) is 0 Å². The third-order valence-corrected chi connectivity index (χ3v) is 4.91. The number of nitrogens with zero attached hydrogens (tertiary/aromatic N) is 4. The fourth-order valence-corrected chi connectivity index (χ4v) is 3.27. The first-order chi connectivity index (χ1) is 11.5. The molecule has 0 aromatic carbocycles. The standard InChI is InChI=1S/C16H20N4O3S/c1-4-5-13-15(24-18-17-13)16(22)20-8-12(9-20)23-11-6-10(2)19(3)14(21)7-11/h6-7,12H,4-5,8-9H2,1-3H3. The number of ether oxygens (including phenoxy) is 1. The molecule has 1 aliphatic rings. The summed E-state index contributed by atoms with van der Waals surface area (Å²) in [5.41, 5.74) is 1.51. The van der Waals surface area contributed by atoms with E-state index in [0.717, 1.165) is 35.8 Å². The van der Waals surface area contributed by atoms with Crippen LogP contribution >= 0.6 is 11.5 Å². The van der Waals surface area contributed by atoms with Crippen molar-refractivity contribution in [1.29, 1.82) is 0 Å². The van der Waals surface area contributed by atoms with Crippen LogP contribution in [-0.4, -0.2) is 44.2 Å². The van der Waals surface area contributed by atoms with Crippen molar-refractivity contribution < 1.29 is 9.53 Å². The molecule has 0 unspecified atom stereocenters. The molecule has 0 radical (unpaired) electrons. The molecule has 1 saturated heterocycles. The molecule has 2 aromatic heterocycles. The monoisotopic (exact) mass is 348 g/mol. The van der Waals surface area contributed by atoms with E-state index in [2.05, 4.69) is 9.59 Å². The zero-order valence-corrected chi connectivity index (χ0v) is 14.8. The summed E-state index contributed by atoms with van der Waals surface area (Å²) in [6.07, 6.45) is 1.61. The minimum absolute atomic E-state index is 0.0338. The number of carbonyl (C=O) groups excluding carboxylic acids is 1. The van der Waals surface area contributed by atoms with E-state index < -0.39 is 0 Å². The molecule has 3 heterocycles. The number of rotatable bonds is 5. The Labute approximate surface area is 144 Å². The topological polar surface area (TPSA) is 77.3 Å². The van der Waals surface area contributed by atoms with Gasteiger partial charge in [-0.25, -0.2) is 0 Å². The van der Waals surface area contributed by atoms with Gasteiger partial charge in [-0.05, 0) is 30.9 Å². The summed E-state index contributed by atoms with van der Waals surface area (Å²) in [6, 6.07) is 3.31. The summed E-state index contributed by atoms with van der Waals surface area (Å²) in [6.45, 7) is 4.93. The number of carbonyl (C=O) groups is 1. The van der Waals surface area contributed by atoms with Crippen LogP contribution in [0.1, 0.15) is 34.4 Å². The SMILES string of the molecule is CCCc1nnsc1C(=O)N1CC(Oc2cc(C)n(C)c(=O)c2)C1. The van der Waals surface area contributed by atoms with Gasteiger partial charge in [0.2, 0.25) is 0 Å². The first-order valence-corrected chi connectivity index (χ1v) is 8.71. The van der Waals surface area contributed by atoms with Crippen molar-refractivity contribution in [2.24, 2.45) is 7.05 Å². The van der Waals surface area contributed by atoms with Gasteiger partial charge < -0.3 is 14.2 Å². The molecule has 7 nitrogen and oxygen atoms in total. The van der Waals surface area contributed by atoms with Gasteiger partial charge in [0, 0.05) is 18.8 Å². The quantitative estimate of drug-likeness (QED) is 0.816. The molecule has 0 saturated carbocycles. The second kappa shape index (κ2) is 6.72. The number of amides is 1. The van der Waals surface area contributed by atoms with E-state index >= 15 is 0 Å². The number of hydrogen-bond acceptors (Lipinski definition) is 6. The van der Waals surface area contributed by atoms with Crippen LogP contribution in [0.3, 0.4) is 0 Å². The Morgan fingerprint density at radius 2 is 2.17 bits per heavy atom. The number of aromatic nitrogens is 3. The Bertz CT molecular complexity index is 808. The normalized spacial score (nSPS) is 14.5. The van der Waals surface area contributed by atoms with Gasteiger partial charge >= 0.3 is 0 Å². The minimum Gasteiger partial charge on any atom is -0.486 e. The molecule has 1 amide bonds. The van der Waals surface area contributed by atoms with E-state index in [0.29, 0.717) is 23.7 Å². The van der Waals surface area contributed by atoms with Crippen LogP contribution in [0.2, 0.25) is 0 Å². The van der Waals surface area contributed by atoms with E-state index in [4.69, 9.17) is 4.74 Å². The lowest BCUT2D eigenvalue weighted by molar-refractivity contribution is 0.0179. The molecule has 1 fully saturated rings. The Morgan fingerprint density at radius 3 is 2.83 bits per heavy atom. The van der Waals surface area contributed by atoms with E-state index in [1.165, 1.54) is 6.07 Å². The number of pyridine rings is 1. The van der Waals surface area contributed by atoms with Crippen LogP contribution in [0.5, 0.6) is 5.75 Å². The molecule has 24 heavy (non-hydrogen) atoms. The van der Waals surface area contributed by atoms with Gasteiger partial charge in [-0.1, -0.05) is 17.8 Å². The van der Waals surface area contributed by atoms with E-state index in [1.807, 2.05) is 19.9 Å². The van der Waals surface area contributed by atoms with E-state index in [1.54, 1.807) is 16.5 Å². The van der Waals surface area contributed by atoms with Crippen molar-refractivity contribution in [3.8, 4) is 5.75 Å². The van der Waals surface area contributed by atoms with Crippen LogP contribution in [0.4, 0.5) is 0 Å². The molecule has 0 aliphatic carbocycles. The fourth-order valence-electron chi connectivity index (χ4n) is 2.59. The van der Waals surface area contributed by atoms with Crippen LogP contribution < -0.4 is 10.3 Å². The lowest BCUT2D eigenvalue weighted by Gasteiger charge is -2.38. The molecule has 0 N–H and O–H groups in total. The summed E-state index contributed by atoms with van der Waals surface area (Å²) in [5, 5.41) is 4.03. The van der Waals surface area contributed by atoms with Crippen molar-refractivity contribution >= 4 is 17.4 Å². The average molecular weight is 348 g/mol. The average Bonchev–Trinajstić information content (AvgIpc) is 2.96. The third kappa shape index (κ3) is 3.19. The van der Waals surface area contributed by atoms with Gasteiger partial charge in [-0.15, -0.1) is 5.10 Å². The molecule has 0 bridgehead atoms. The van der Waals surface area contributed by atoms with Crippen molar-refractivity contribution in [2.45, 2.75) is 32.8 Å². The minimum atomic E-state index is -0.0998. The maximum Gasteiger partial charge on any atom is 0.267 e. The number of likely N-dealkylation sites (tertiary alicyclic amines) is 1. The number of hydrogen-bond donors (Lipinski definition) is 0. The Hall–Kier alpha value is -2.22. The fraction of sp³-hybridized carbons (Fsp3) is 0.500. The second-order valence-corrected chi connectivity index (χ2v) is 6.73. The lowest BCUT2D eigenvalue weighted by Crippen LogP contribution is -2.56. The molecule has 2 aromatic rings. The maximum absolute atomic E-state index is 12.5. The predicted octanol–water partition coefficient (Wildman–Crippen LogP) is 1.40. The molecule has 8 heteroatoms. The molecule has 128 valence electrons. The molecule has 0 atom stereocenters. The van der Waals surface area contributed by atoms with Gasteiger partial charge in [-0.2, -0.15) is 0 Å². The highest BCUT2D eigenvalue weighted by molar-refractivity contribution is 7.08. The largest absolute Gasteiger partial charge is 0.486 e. The smallest absolute Gasteiger partial charge is 0.267 e. The van der Waals surface area contributed by atoms with E-state index in [9.17, 15) is 9.59 Å². The van der Waals surface area contributed by atoms with Crippen LogP contribution in [0.15, 0.2) is 16.9 Å². The second-order valence-electron chi connectivity index (χ2n) is 5.98. The van der Waals surface area contributed by atoms with Crippen molar-refractivity contribution in [3.63, 3.8) is 0 Å². The first-order valence-electron chi connectivity index (χ1n) is 7.94. The van der Waals surface area contributed by atoms with Gasteiger partial charge in [-0.3, -0.25) is 9.59 Å². The number of aryl methyl sites for hydroxylation is 2. The zero-order valence-electron chi connectivity index (χ0n) is 14.0. The van der Waals surface area contributed by atoms with E-state index in [-0.39, 0.29) is 17.6 Å². The highest BCUT2D eigenvalue weighted by Crippen LogP contribution is 2.22. The third-order valence-electron chi connectivity index (χ3n) is 4.15. The van der Waals surface area contributed by atoms with Gasteiger partial charge in [0.25, 0.3) is 11.5 Å². The summed E-state index contributed by atoms with van der Waals surface area (Å²) in [7, 11) is 1.72. The first kappa shape index (κ1) is 16.6. The predicted molar refractivity (Wildman–Crippen MR) is 90.6 cm³/mol. The highest BCUT2D eigenvalue weighted by atomic mass is 32.1. The molecule has 0 spiro atoms. The van der Waals surface area contributed by atoms with Gasteiger partial charge in [0.05, 0.1) is 18.8 Å². The van der Waals surface area contributed by atoms with Crippen molar-refractivity contribution in [3.05, 3.63) is 38.8 Å². The Morgan fingerprint density at radius 1 is 1.42 bits per heavy atom. The molecular formula is C16H20N4O3S. The Balaban J connectivity index is 1.60. The van der Waals surface area contributed by atoms with Crippen LogP contribution in [0.25, 0.3) is 0 Å². The summed E-state index contributed by atoms with van der Waals surface area (Å²) in [5.74, 6) is 0.521. The molecule has 1 aliphatic heterocycles. The maximum atomic E-state index is 12.5. The summed E-state index contributed by atoms with van der Waals surface area (Å²) >= 11 is 1.15. The summed E-state index contributed by atoms with van der Waals surface area (Å²) in [4.78, 5) is 26.6. The van der Waals surface area contributed by atoms with Gasteiger partial charge in [0.1, 0.15) is 16.7 Å². The Kier molecular flexibility index (Phi) is 4.66. The highest BCUT2D eigenvalue weighted by Gasteiger charge is 2.34. The van der Waals surface area contributed by atoms with Crippen molar-refractivity contribution in [1.82, 2.24) is 19.1 Å². The summed E-state index contributed by atoms with van der Waals surface area (Å²) < 4.78 is 11.3. The molecular weight excluding hydrogens is 328 g/mol. The molecule has 3 rings (SSSR count). The van der Waals surface area contributed by atoms with Crippen molar-refractivity contribution in [2.75, 3.05) is 13.1 Å².